The fourth-order valence-corrected chi connectivity index (χ4v) is 0.558. The average Bonchev–Trinajstić information content (AvgIpc) is 1.21. The first-order valence-electron chi connectivity index (χ1n) is 1.81. The molecule has 1 atom stereocenters. The van der Waals surface area contributed by atoms with Gasteiger partial charge in [-0.15, -0.1) is 0 Å². The summed E-state index contributed by atoms with van der Waals surface area (Å²) in [5.74, 6) is 0. The molecule has 0 bridgehead atoms. The van der Waals surface area contributed by atoms with Gasteiger partial charge >= 0.3 is 29.6 Å². The van der Waals surface area contributed by atoms with E-state index in [1.807, 2.05) is 0 Å². The van der Waals surface area contributed by atoms with Gasteiger partial charge in [0.1, 0.15) is 6.23 Å². The summed E-state index contributed by atoms with van der Waals surface area (Å²) in [6.07, 6.45) is -1.06. The molecule has 0 aromatic rings. The van der Waals surface area contributed by atoms with Gasteiger partial charge in [-0.1, -0.05) is 0 Å². The molecule has 5 nitrogen and oxygen atoms in total. The van der Waals surface area contributed by atoms with E-state index in [4.69, 9.17) is 5.73 Å². The molecule has 0 heterocycles. The van der Waals surface area contributed by atoms with E-state index in [2.05, 4.69) is 4.18 Å². The first kappa shape index (κ1) is 12.5. The quantitative estimate of drug-likeness (QED) is 0.193. The van der Waals surface area contributed by atoms with Gasteiger partial charge in [0.05, 0.1) is 0 Å². The second-order valence-electron chi connectivity index (χ2n) is 1.21. The third kappa shape index (κ3) is 12.1. The van der Waals surface area contributed by atoms with Crippen molar-refractivity contribution in [2.45, 2.75) is 13.2 Å². The summed E-state index contributed by atoms with van der Waals surface area (Å²) in [4.78, 5) is 0. The van der Waals surface area contributed by atoms with E-state index in [0.717, 1.165) is 0 Å². The van der Waals surface area contributed by atoms with Crippen molar-refractivity contribution < 1.29 is 46.7 Å². The van der Waals surface area contributed by atoms with Crippen LogP contribution in [0.3, 0.4) is 0 Å². The summed E-state index contributed by atoms with van der Waals surface area (Å²) in [5.41, 5.74) is 4.78. The minimum Gasteiger partial charge on any atom is -0.725 e. The van der Waals surface area contributed by atoms with Crippen molar-refractivity contribution in [3.05, 3.63) is 0 Å². The van der Waals surface area contributed by atoms with E-state index in [9.17, 15) is 13.0 Å². The third-order valence-electron chi connectivity index (χ3n) is 0.270. The van der Waals surface area contributed by atoms with Crippen LogP contribution in [0.5, 0.6) is 0 Å². The molecule has 0 aromatic carbocycles. The molecule has 0 saturated carbocycles. The zero-order chi connectivity index (χ0) is 6.78. The Kier molecular flexibility index (Phi) is 6.41. The largest absolute Gasteiger partial charge is 1.00 e. The van der Waals surface area contributed by atoms with Crippen LogP contribution in [0.1, 0.15) is 6.92 Å². The molecule has 0 aromatic heterocycles. The second-order valence-corrected chi connectivity index (χ2v) is 2.22. The van der Waals surface area contributed by atoms with Crippen LogP contribution in [-0.4, -0.2) is 19.2 Å². The van der Waals surface area contributed by atoms with Crippen molar-refractivity contribution >= 4 is 10.4 Å². The van der Waals surface area contributed by atoms with Gasteiger partial charge < -0.3 is 10.3 Å². The van der Waals surface area contributed by atoms with Crippen LogP contribution >= 0.6 is 0 Å². The predicted octanol–water partition coefficient (Wildman–Crippen LogP) is -4.23. The number of rotatable bonds is 2. The van der Waals surface area contributed by atoms with Gasteiger partial charge in [-0.05, 0) is 6.92 Å². The van der Waals surface area contributed by atoms with E-state index in [1.54, 1.807) is 0 Å². The maximum absolute atomic E-state index is 9.58. The van der Waals surface area contributed by atoms with Crippen LogP contribution in [-0.2, 0) is 14.6 Å². The maximum Gasteiger partial charge on any atom is 1.00 e. The SMILES string of the molecule is CC(N)OS(=O)(=O)[O-].[Na+]. The molecule has 0 fully saturated rings. The van der Waals surface area contributed by atoms with Gasteiger partial charge in [0, 0.05) is 0 Å². The minimum atomic E-state index is -4.60. The Balaban J connectivity index is 0. The van der Waals surface area contributed by atoms with Crippen molar-refractivity contribution in [3.63, 3.8) is 0 Å². The van der Waals surface area contributed by atoms with Gasteiger partial charge in [-0.3, -0.25) is 4.18 Å². The Morgan fingerprint density at radius 2 is 2.00 bits per heavy atom. The van der Waals surface area contributed by atoms with Crippen LogP contribution in [0.2, 0.25) is 0 Å². The zero-order valence-electron chi connectivity index (χ0n) is 5.20. The fraction of sp³-hybridized carbons (Fsp3) is 1.00. The normalized spacial score (nSPS) is 14.1. The van der Waals surface area contributed by atoms with Crippen LogP contribution < -0.4 is 35.3 Å². The molecule has 0 aliphatic rings. The molecule has 0 aliphatic carbocycles. The summed E-state index contributed by atoms with van der Waals surface area (Å²) in [6, 6.07) is 0. The average molecular weight is 163 g/mol. The van der Waals surface area contributed by atoms with Gasteiger partial charge in [0.2, 0.25) is 10.4 Å². The van der Waals surface area contributed by atoms with E-state index in [0.29, 0.717) is 0 Å². The molecule has 7 heteroatoms. The first-order chi connectivity index (χ1) is 3.42. The Bertz CT molecular complexity index is 152. The summed E-state index contributed by atoms with van der Waals surface area (Å²) >= 11 is 0. The Hall–Kier alpha value is 0.830. The number of hydrogen-bond donors (Lipinski definition) is 1. The van der Waals surface area contributed by atoms with Crippen LogP contribution in [0, 0.1) is 0 Å². The van der Waals surface area contributed by atoms with Gasteiger partial charge in [-0.25, -0.2) is 8.42 Å². The summed E-state index contributed by atoms with van der Waals surface area (Å²) in [5, 5.41) is 0. The molecular formula is C2H6NNaO4S. The zero-order valence-corrected chi connectivity index (χ0v) is 8.01. The molecule has 9 heavy (non-hydrogen) atoms. The molecule has 0 saturated heterocycles. The molecule has 0 amide bonds. The number of nitrogens with two attached hydrogens (primary N) is 1. The molecule has 1 unspecified atom stereocenters. The Morgan fingerprint density at radius 1 is 1.67 bits per heavy atom. The summed E-state index contributed by atoms with van der Waals surface area (Å²) in [7, 11) is -4.60. The second kappa shape index (κ2) is 4.62. The Labute approximate surface area is 75.8 Å². The number of hydrogen-bond acceptors (Lipinski definition) is 5. The molecule has 0 rings (SSSR count). The van der Waals surface area contributed by atoms with Crippen molar-refractivity contribution in [1.82, 2.24) is 0 Å². The minimum absolute atomic E-state index is 0. The molecule has 0 spiro atoms. The molecule has 0 aliphatic heterocycles. The topological polar surface area (TPSA) is 92.5 Å². The fourth-order valence-electron chi connectivity index (χ4n) is 0.186. The molecular weight excluding hydrogens is 157 g/mol. The van der Waals surface area contributed by atoms with Gasteiger partial charge in [0.25, 0.3) is 0 Å². The van der Waals surface area contributed by atoms with Gasteiger partial charge in [0.15, 0.2) is 0 Å². The molecule has 0 radical (unpaired) electrons. The van der Waals surface area contributed by atoms with Crippen LogP contribution in [0.15, 0.2) is 0 Å². The van der Waals surface area contributed by atoms with E-state index in [-0.39, 0.29) is 29.6 Å². The van der Waals surface area contributed by atoms with Crippen molar-refractivity contribution in [2.75, 3.05) is 0 Å². The van der Waals surface area contributed by atoms with Crippen molar-refractivity contribution in [3.8, 4) is 0 Å². The van der Waals surface area contributed by atoms with Gasteiger partial charge in [-0.2, -0.15) is 0 Å². The molecule has 50 valence electrons. The van der Waals surface area contributed by atoms with Crippen LogP contribution in [0.25, 0.3) is 0 Å². The smallest absolute Gasteiger partial charge is 0.725 e. The standard InChI is InChI=1S/C2H7NO4S.Na/c1-2(3)7-8(4,5)6;/h2H,3H2,1H3,(H,4,5,6);/q;+1/p-1. The van der Waals surface area contributed by atoms with Crippen molar-refractivity contribution in [1.29, 1.82) is 0 Å². The summed E-state index contributed by atoms with van der Waals surface area (Å²) < 4.78 is 32.4. The third-order valence-corrected chi connectivity index (χ3v) is 0.809. The van der Waals surface area contributed by atoms with E-state index < -0.39 is 16.6 Å². The Morgan fingerprint density at radius 3 is 2.00 bits per heavy atom. The maximum atomic E-state index is 9.58. The summed E-state index contributed by atoms with van der Waals surface area (Å²) in [6.45, 7) is 1.25. The van der Waals surface area contributed by atoms with E-state index >= 15 is 0 Å². The van der Waals surface area contributed by atoms with E-state index in [1.165, 1.54) is 6.92 Å². The van der Waals surface area contributed by atoms with Crippen molar-refractivity contribution in [2.24, 2.45) is 5.73 Å². The first-order valence-corrected chi connectivity index (χ1v) is 3.15. The predicted molar refractivity (Wildman–Crippen MR) is 24.4 cm³/mol. The monoisotopic (exact) mass is 163 g/mol. The van der Waals surface area contributed by atoms with Crippen LogP contribution in [0.4, 0.5) is 0 Å². The molecule has 2 N–H and O–H groups in total.